The molecule has 0 aliphatic carbocycles. The van der Waals surface area contributed by atoms with Gasteiger partial charge >= 0.3 is 0 Å². The van der Waals surface area contributed by atoms with Gasteiger partial charge in [-0.05, 0) is 89.7 Å². The highest BCUT2D eigenvalue weighted by Gasteiger charge is 2.18. The zero-order valence-electron chi connectivity index (χ0n) is 20.8. The number of allylic oxidation sites excluding steroid dienone is 2. The Kier molecular flexibility index (Phi) is 6.01. The molecule has 0 radical (unpaired) electrons. The molecule has 35 heavy (non-hydrogen) atoms. The van der Waals surface area contributed by atoms with Crippen molar-refractivity contribution in [2.75, 3.05) is 0 Å². The van der Waals surface area contributed by atoms with E-state index in [1.807, 2.05) is 18.2 Å². The molecular formula is C34H30O. The Balaban J connectivity index is 1.87. The van der Waals surface area contributed by atoms with Crippen LogP contribution in [0.25, 0.3) is 56.0 Å². The minimum Gasteiger partial charge on any atom is -0.507 e. The van der Waals surface area contributed by atoms with Crippen molar-refractivity contribution < 1.29 is 5.11 Å². The Morgan fingerprint density at radius 1 is 0.571 bits per heavy atom. The largest absolute Gasteiger partial charge is 0.507 e. The molecule has 0 aromatic heterocycles. The number of phenolic OH excluding ortho intramolecular Hbond substituents is 1. The van der Waals surface area contributed by atoms with Crippen LogP contribution in [0, 0.1) is 0 Å². The first-order valence-corrected chi connectivity index (χ1v) is 12.1. The van der Waals surface area contributed by atoms with Crippen molar-refractivity contribution in [2.45, 2.75) is 27.7 Å². The Hall–Kier alpha value is -4.10. The summed E-state index contributed by atoms with van der Waals surface area (Å²) in [6.07, 6.45) is 4.38. The lowest BCUT2D eigenvalue weighted by molar-refractivity contribution is 0.478. The van der Waals surface area contributed by atoms with Crippen molar-refractivity contribution in [1.29, 1.82) is 0 Å². The van der Waals surface area contributed by atoms with Crippen molar-refractivity contribution >= 4 is 33.7 Å². The molecule has 0 saturated heterocycles. The van der Waals surface area contributed by atoms with Crippen LogP contribution in [0.4, 0.5) is 0 Å². The van der Waals surface area contributed by atoms with E-state index in [1.54, 1.807) is 0 Å². The highest BCUT2D eigenvalue weighted by atomic mass is 16.3. The van der Waals surface area contributed by atoms with E-state index in [1.165, 1.54) is 22.3 Å². The third kappa shape index (κ3) is 4.50. The first-order valence-electron chi connectivity index (χ1n) is 12.1. The van der Waals surface area contributed by atoms with Gasteiger partial charge in [-0.15, -0.1) is 0 Å². The minimum atomic E-state index is 0.297. The molecular weight excluding hydrogens is 424 g/mol. The van der Waals surface area contributed by atoms with Crippen molar-refractivity contribution in [2.24, 2.45) is 0 Å². The molecule has 0 bridgehead atoms. The summed E-state index contributed by atoms with van der Waals surface area (Å²) in [5.74, 6) is 0.297. The topological polar surface area (TPSA) is 20.2 Å². The van der Waals surface area contributed by atoms with Crippen LogP contribution in [-0.4, -0.2) is 5.11 Å². The van der Waals surface area contributed by atoms with Crippen LogP contribution in [0.5, 0.6) is 5.75 Å². The summed E-state index contributed by atoms with van der Waals surface area (Å²) < 4.78 is 0. The van der Waals surface area contributed by atoms with Crippen molar-refractivity contribution in [3.05, 3.63) is 113 Å². The van der Waals surface area contributed by atoms with Gasteiger partial charge in [0.25, 0.3) is 0 Å². The lowest BCUT2D eigenvalue weighted by Crippen LogP contribution is -1.91. The maximum atomic E-state index is 11.3. The van der Waals surface area contributed by atoms with Gasteiger partial charge in [-0.25, -0.2) is 0 Å². The fraction of sp³-hybridized carbons (Fsp3) is 0.118. The molecule has 1 nitrogen and oxygen atoms in total. The molecule has 5 aromatic carbocycles. The van der Waals surface area contributed by atoms with Crippen molar-refractivity contribution in [3.63, 3.8) is 0 Å². The average Bonchev–Trinajstić information content (AvgIpc) is 2.83. The van der Waals surface area contributed by atoms with Crippen LogP contribution >= 0.6 is 0 Å². The van der Waals surface area contributed by atoms with Gasteiger partial charge in [-0.2, -0.15) is 0 Å². The van der Waals surface area contributed by atoms with E-state index in [0.717, 1.165) is 43.8 Å². The summed E-state index contributed by atoms with van der Waals surface area (Å²) >= 11 is 0. The van der Waals surface area contributed by atoms with E-state index >= 15 is 0 Å². The maximum Gasteiger partial charge on any atom is 0.124 e. The third-order valence-corrected chi connectivity index (χ3v) is 6.31. The van der Waals surface area contributed by atoms with Gasteiger partial charge in [0.2, 0.25) is 0 Å². The van der Waals surface area contributed by atoms with Crippen LogP contribution in [0.3, 0.4) is 0 Å². The Bertz CT molecular complexity index is 1610. The van der Waals surface area contributed by atoms with Crippen LogP contribution < -0.4 is 0 Å². The molecule has 0 atom stereocenters. The summed E-state index contributed by atoms with van der Waals surface area (Å²) in [4.78, 5) is 0. The third-order valence-electron chi connectivity index (χ3n) is 6.31. The van der Waals surface area contributed by atoms with Gasteiger partial charge in [0.1, 0.15) is 5.75 Å². The van der Waals surface area contributed by atoms with Gasteiger partial charge in [0.05, 0.1) is 0 Å². The highest BCUT2D eigenvalue weighted by Crippen LogP contribution is 2.45. The van der Waals surface area contributed by atoms with Crippen LogP contribution in [0.2, 0.25) is 0 Å². The fourth-order valence-electron chi connectivity index (χ4n) is 4.92. The van der Waals surface area contributed by atoms with Crippen molar-refractivity contribution in [3.8, 4) is 28.0 Å². The normalized spacial score (nSPS) is 11.0. The van der Waals surface area contributed by atoms with E-state index in [2.05, 4.69) is 113 Å². The van der Waals surface area contributed by atoms with Crippen LogP contribution in [0.1, 0.15) is 38.8 Å². The standard InChI is InChI=1S/C34H30O/c1-22(2)18-24-10-14-30-27(20-24)12-16-29(26-8-6-5-7-9-26)33(30)34-31-15-11-25(19-23(3)4)21-28(31)13-17-32(34)35/h5-21,35H,1-4H3. The molecule has 0 saturated carbocycles. The number of hydrogen-bond donors (Lipinski definition) is 1. The van der Waals surface area contributed by atoms with Crippen LogP contribution in [0.15, 0.2) is 102 Å². The second kappa shape index (κ2) is 9.27. The smallest absolute Gasteiger partial charge is 0.124 e. The summed E-state index contributed by atoms with van der Waals surface area (Å²) in [7, 11) is 0. The van der Waals surface area contributed by atoms with E-state index in [0.29, 0.717) is 5.75 Å². The summed E-state index contributed by atoms with van der Waals surface area (Å²) in [5, 5.41) is 15.7. The monoisotopic (exact) mass is 454 g/mol. The fourth-order valence-corrected chi connectivity index (χ4v) is 4.92. The molecule has 1 N–H and O–H groups in total. The quantitative estimate of drug-likeness (QED) is 0.286. The predicted molar refractivity (Wildman–Crippen MR) is 153 cm³/mol. The molecule has 0 aliphatic rings. The molecule has 0 aliphatic heterocycles. The Labute approximate surface area is 207 Å². The van der Waals surface area contributed by atoms with Gasteiger partial charge < -0.3 is 5.11 Å². The predicted octanol–water partition coefficient (Wildman–Crippen LogP) is 9.88. The number of benzene rings is 5. The zero-order chi connectivity index (χ0) is 24.5. The SMILES string of the molecule is CC(C)=Cc1ccc2c(-c3c(-c4ccccc4)ccc4cc(C=C(C)C)ccc34)c(O)ccc2c1. The maximum absolute atomic E-state index is 11.3. The molecule has 1 heteroatoms. The minimum absolute atomic E-state index is 0.297. The number of rotatable bonds is 4. The van der Waals surface area contributed by atoms with E-state index in [4.69, 9.17) is 0 Å². The van der Waals surface area contributed by atoms with Crippen LogP contribution in [-0.2, 0) is 0 Å². The molecule has 0 unspecified atom stereocenters. The van der Waals surface area contributed by atoms with Gasteiger partial charge in [0, 0.05) is 11.1 Å². The molecule has 172 valence electrons. The Morgan fingerprint density at radius 2 is 1.11 bits per heavy atom. The second-order valence-corrected chi connectivity index (χ2v) is 9.72. The summed E-state index contributed by atoms with van der Waals surface area (Å²) in [6, 6.07) is 31.7. The van der Waals surface area contributed by atoms with E-state index in [9.17, 15) is 5.11 Å². The average molecular weight is 455 g/mol. The van der Waals surface area contributed by atoms with Gasteiger partial charge in [0.15, 0.2) is 0 Å². The molecule has 5 aromatic rings. The lowest BCUT2D eigenvalue weighted by Gasteiger charge is -2.18. The number of phenols is 1. The first kappa shape index (κ1) is 22.7. The Morgan fingerprint density at radius 3 is 1.69 bits per heavy atom. The van der Waals surface area contributed by atoms with Crippen molar-refractivity contribution in [1.82, 2.24) is 0 Å². The highest BCUT2D eigenvalue weighted by molar-refractivity contribution is 6.12. The molecule has 5 rings (SSSR count). The van der Waals surface area contributed by atoms with Gasteiger partial charge in [-0.3, -0.25) is 0 Å². The molecule has 0 amide bonds. The zero-order valence-corrected chi connectivity index (χ0v) is 20.8. The first-order chi connectivity index (χ1) is 16.9. The summed E-state index contributed by atoms with van der Waals surface area (Å²) in [5.41, 5.74) is 9.08. The number of fused-ring (bicyclic) bond motifs is 2. The molecule has 0 heterocycles. The van der Waals surface area contributed by atoms with Gasteiger partial charge in [-0.1, -0.05) is 96.1 Å². The molecule has 0 spiro atoms. The van der Waals surface area contributed by atoms with E-state index in [-0.39, 0.29) is 0 Å². The summed E-state index contributed by atoms with van der Waals surface area (Å²) in [6.45, 7) is 8.45. The lowest BCUT2D eigenvalue weighted by atomic mass is 9.86. The molecule has 0 fully saturated rings. The van der Waals surface area contributed by atoms with E-state index < -0.39 is 0 Å². The number of aromatic hydroxyl groups is 1. The number of hydrogen-bond acceptors (Lipinski definition) is 1. The second-order valence-electron chi connectivity index (χ2n) is 9.72.